The van der Waals surface area contributed by atoms with Crippen LogP contribution in [0.4, 0.5) is 26.3 Å². The number of aldehydes is 1. The van der Waals surface area contributed by atoms with Gasteiger partial charge in [0.15, 0.2) is 6.29 Å². The van der Waals surface area contributed by atoms with Gasteiger partial charge < -0.3 is 0 Å². The summed E-state index contributed by atoms with van der Waals surface area (Å²) in [5, 5.41) is 0. The summed E-state index contributed by atoms with van der Waals surface area (Å²) in [4.78, 5) is 15.2. The predicted molar refractivity (Wildman–Crippen MR) is 90.5 cm³/mol. The van der Waals surface area contributed by atoms with E-state index in [9.17, 15) is 31.1 Å². The summed E-state index contributed by atoms with van der Waals surface area (Å²) in [6.45, 7) is 0. The van der Waals surface area contributed by atoms with E-state index in [0.29, 0.717) is 23.0 Å². The van der Waals surface area contributed by atoms with Gasteiger partial charge in [0.1, 0.15) is 0 Å². The molecule has 0 bridgehead atoms. The van der Waals surface area contributed by atoms with Crippen LogP contribution in [0, 0.1) is 0 Å². The average Bonchev–Trinajstić information content (AvgIpc) is 2.66. The topological polar surface area (TPSA) is 30.0 Å². The van der Waals surface area contributed by atoms with Gasteiger partial charge in [0.25, 0.3) is 0 Å². The maximum Gasteiger partial charge on any atom is 0.416 e. The fourth-order valence-corrected chi connectivity index (χ4v) is 2.65. The van der Waals surface area contributed by atoms with E-state index >= 15 is 0 Å². The first-order valence-corrected chi connectivity index (χ1v) is 7.90. The number of carbonyl (C=O) groups is 1. The van der Waals surface area contributed by atoms with Crippen LogP contribution in [0.5, 0.6) is 0 Å². The summed E-state index contributed by atoms with van der Waals surface area (Å²) in [5.74, 6) is 0. The molecule has 0 unspecified atom stereocenters. The smallest absolute Gasteiger partial charge is 0.298 e. The van der Waals surface area contributed by atoms with Gasteiger partial charge >= 0.3 is 12.4 Å². The lowest BCUT2D eigenvalue weighted by atomic mass is 9.96. The van der Waals surface area contributed by atoms with Crippen molar-refractivity contribution in [3.63, 3.8) is 0 Å². The molecule has 0 aliphatic heterocycles. The normalized spacial score (nSPS) is 12.1. The Morgan fingerprint density at radius 3 is 1.61 bits per heavy atom. The first kappa shape index (κ1) is 19.6. The standard InChI is InChI=1S/C20H11F6NO/c21-19(22,23)15-5-1-13(2-6-15)17-9-12(11-28)10-27-18(17)14-3-7-16(8-4-14)20(24,25)26/h1-11H. The summed E-state index contributed by atoms with van der Waals surface area (Å²) in [6.07, 6.45) is -7.23. The molecular formula is C20H11F6NO. The fourth-order valence-electron chi connectivity index (χ4n) is 2.65. The summed E-state index contributed by atoms with van der Waals surface area (Å²) in [5.41, 5.74) is -0.231. The van der Waals surface area contributed by atoms with Gasteiger partial charge in [0.2, 0.25) is 0 Å². The van der Waals surface area contributed by atoms with Gasteiger partial charge in [-0.1, -0.05) is 24.3 Å². The number of carbonyl (C=O) groups excluding carboxylic acids is 1. The molecular weight excluding hydrogens is 384 g/mol. The summed E-state index contributed by atoms with van der Waals surface area (Å²) in [7, 11) is 0. The summed E-state index contributed by atoms with van der Waals surface area (Å²) in [6, 6.07) is 9.87. The average molecular weight is 395 g/mol. The number of hydrogen-bond donors (Lipinski definition) is 0. The van der Waals surface area contributed by atoms with E-state index in [0.717, 1.165) is 24.3 Å². The van der Waals surface area contributed by atoms with E-state index in [1.54, 1.807) is 0 Å². The lowest BCUT2D eigenvalue weighted by Gasteiger charge is -2.13. The second-order valence-electron chi connectivity index (χ2n) is 5.93. The van der Waals surface area contributed by atoms with Crippen molar-refractivity contribution in [2.24, 2.45) is 0 Å². The molecule has 2 nitrogen and oxygen atoms in total. The van der Waals surface area contributed by atoms with Gasteiger partial charge in [-0.2, -0.15) is 26.3 Å². The minimum Gasteiger partial charge on any atom is -0.298 e. The molecule has 144 valence electrons. The van der Waals surface area contributed by atoms with Gasteiger partial charge in [0.05, 0.1) is 16.8 Å². The first-order chi connectivity index (χ1) is 13.1. The molecule has 0 amide bonds. The van der Waals surface area contributed by atoms with Crippen molar-refractivity contribution in [3.8, 4) is 22.4 Å². The Hall–Kier alpha value is -3.16. The van der Waals surface area contributed by atoms with Gasteiger partial charge in [-0.05, 0) is 35.9 Å². The lowest BCUT2D eigenvalue weighted by molar-refractivity contribution is -0.138. The number of rotatable bonds is 3. The first-order valence-electron chi connectivity index (χ1n) is 7.90. The molecule has 0 aliphatic rings. The summed E-state index contributed by atoms with van der Waals surface area (Å²) >= 11 is 0. The van der Waals surface area contributed by atoms with Crippen molar-refractivity contribution in [1.29, 1.82) is 0 Å². The molecule has 0 spiro atoms. The van der Waals surface area contributed by atoms with Crippen LogP contribution in [0.1, 0.15) is 21.5 Å². The number of aromatic nitrogens is 1. The highest BCUT2D eigenvalue weighted by Crippen LogP contribution is 2.36. The monoisotopic (exact) mass is 395 g/mol. The van der Waals surface area contributed by atoms with Gasteiger partial charge in [-0.25, -0.2) is 0 Å². The van der Waals surface area contributed by atoms with Gasteiger partial charge in [-0.15, -0.1) is 0 Å². The van der Waals surface area contributed by atoms with Crippen LogP contribution >= 0.6 is 0 Å². The van der Waals surface area contributed by atoms with Crippen LogP contribution in [-0.4, -0.2) is 11.3 Å². The number of pyridine rings is 1. The molecule has 0 N–H and O–H groups in total. The Balaban J connectivity index is 2.10. The molecule has 0 aliphatic carbocycles. The third kappa shape index (κ3) is 4.05. The quantitative estimate of drug-likeness (QED) is 0.387. The molecule has 1 heterocycles. The number of halogens is 6. The SMILES string of the molecule is O=Cc1cnc(-c2ccc(C(F)(F)F)cc2)c(-c2ccc(C(F)(F)F)cc2)c1. The molecule has 1 aromatic heterocycles. The van der Waals surface area contributed by atoms with Crippen molar-refractivity contribution in [2.45, 2.75) is 12.4 Å². The molecule has 3 aromatic rings. The van der Waals surface area contributed by atoms with E-state index in [-0.39, 0.29) is 11.3 Å². The van der Waals surface area contributed by atoms with Crippen molar-refractivity contribution in [1.82, 2.24) is 4.98 Å². The van der Waals surface area contributed by atoms with Crippen molar-refractivity contribution >= 4 is 6.29 Å². The fraction of sp³-hybridized carbons (Fsp3) is 0.100. The second-order valence-corrected chi connectivity index (χ2v) is 5.93. The minimum absolute atomic E-state index is 0.186. The van der Waals surface area contributed by atoms with E-state index < -0.39 is 23.5 Å². The van der Waals surface area contributed by atoms with Gasteiger partial charge in [0, 0.05) is 22.9 Å². The number of hydrogen-bond acceptors (Lipinski definition) is 2. The van der Waals surface area contributed by atoms with E-state index in [4.69, 9.17) is 0 Å². The molecule has 0 atom stereocenters. The second kappa shape index (κ2) is 7.10. The van der Waals surface area contributed by atoms with E-state index in [1.807, 2.05) is 0 Å². The molecule has 8 heteroatoms. The van der Waals surface area contributed by atoms with E-state index in [2.05, 4.69) is 4.98 Å². The number of alkyl halides is 6. The van der Waals surface area contributed by atoms with E-state index in [1.165, 1.54) is 36.5 Å². The zero-order valence-corrected chi connectivity index (χ0v) is 14.0. The highest BCUT2D eigenvalue weighted by Gasteiger charge is 2.31. The largest absolute Gasteiger partial charge is 0.416 e. The Morgan fingerprint density at radius 2 is 1.18 bits per heavy atom. The molecule has 0 radical (unpaired) electrons. The number of benzene rings is 2. The van der Waals surface area contributed by atoms with Crippen LogP contribution in [0.15, 0.2) is 60.8 Å². The summed E-state index contributed by atoms with van der Waals surface area (Å²) < 4.78 is 76.6. The maximum absolute atomic E-state index is 12.8. The Kier molecular flexibility index (Phi) is 4.97. The molecule has 0 saturated heterocycles. The maximum atomic E-state index is 12.8. The molecule has 3 rings (SSSR count). The lowest BCUT2D eigenvalue weighted by Crippen LogP contribution is -2.04. The van der Waals surface area contributed by atoms with Crippen LogP contribution < -0.4 is 0 Å². The van der Waals surface area contributed by atoms with Crippen LogP contribution in [0.3, 0.4) is 0 Å². The minimum atomic E-state index is -4.50. The van der Waals surface area contributed by atoms with Crippen molar-refractivity contribution in [2.75, 3.05) is 0 Å². The van der Waals surface area contributed by atoms with Crippen LogP contribution in [0.25, 0.3) is 22.4 Å². The van der Waals surface area contributed by atoms with Crippen LogP contribution in [-0.2, 0) is 12.4 Å². The third-order valence-electron chi connectivity index (χ3n) is 4.05. The Labute approximate surface area is 155 Å². The van der Waals surface area contributed by atoms with Crippen molar-refractivity contribution < 1.29 is 31.1 Å². The van der Waals surface area contributed by atoms with Crippen LogP contribution in [0.2, 0.25) is 0 Å². The zero-order chi connectivity index (χ0) is 20.5. The third-order valence-corrected chi connectivity index (χ3v) is 4.05. The molecule has 0 fully saturated rings. The Bertz CT molecular complexity index is 989. The molecule has 0 saturated carbocycles. The predicted octanol–water partition coefficient (Wildman–Crippen LogP) is 6.27. The molecule has 28 heavy (non-hydrogen) atoms. The Morgan fingerprint density at radius 1 is 0.714 bits per heavy atom. The highest BCUT2D eigenvalue weighted by molar-refractivity contribution is 5.85. The highest BCUT2D eigenvalue weighted by atomic mass is 19.4. The molecule has 2 aromatic carbocycles. The van der Waals surface area contributed by atoms with Crippen molar-refractivity contribution in [3.05, 3.63) is 77.5 Å². The number of nitrogens with zero attached hydrogens (tertiary/aromatic N) is 1. The zero-order valence-electron chi connectivity index (χ0n) is 14.0. The van der Waals surface area contributed by atoms with Gasteiger partial charge in [-0.3, -0.25) is 9.78 Å².